The van der Waals surface area contributed by atoms with Gasteiger partial charge in [-0.2, -0.15) is 0 Å². The molecule has 1 nitrogen and oxygen atoms in total. The third-order valence-corrected chi connectivity index (χ3v) is 5.36. The summed E-state index contributed by atoms with van der Waals surface area (Å²) in [5, 5.41) is 3.99. The Labute approximate surface area is 108 Å². The van der Waals surface area contributed by atoms with Gasteiger partial charge in [0.05, 0.1) is 0 Å². The summed E-state index contributed by atoms with van der Waals surface area (Å²) >= 11 is 0. The van der Waals surface area contributed by atoms with Crippen LogP contribution in [0, 0.1) is 17.3 Å². The van der Waals surface area contributed by atoms with E-state index in [2.05, 4.69) is 33.0 Å². The van der Waals surface area contributed by atoms with Crippen molar-refractivity contribution in [2.75, 3.05) is 0 Å². The van der Waals surface area contributed by atoms with Gasteiger partial charge < -0.3 is 5.32 Å². The molecule has 100 valence electrons. The highest BCUT2D eigenvalue weighted by Gasteiger charge is 2.32. The topological polar surface area (TPSA) is 12.0 Å². The van der Waals surface area contributed by atoms with Crippen LogP contribution in [0.2, 0.25) is 0 Å². The smallest absolute Gasteiger partial charge is 0.00978 e. The lowest BCUT2D eigenvalue weighted by Gasteiger charge is -2.41. The molecule has 0 amide bonds. The molecular formula is C16H31N. The molecule has 2 fully saturated rings. The van der Waals surface area contributed by atoms with Gasteiger partial charge in [-0.3, -0.25) is 0 Å². The van der Waals surface area contributed by atoms with Crippen LogP contribution in [-0.2, 0) is 0 Å². The van der Waals surface area contributed by atoms with E-state index in [1.807, 2.05) is 0 Å². The van der Waals surface area contributed by atoms with E-state index in [0.717, 1.165) is 23.9 Å². The van der Waals surface area contributed by atoms with E-state index in [1.165, 1.54) is 44.9 Å². The summed E-state index contributed by atoms with van der Waals surface area (Å²) in [5.41, 5.74) is 0.569. The second-order valence-corrected chi connectivity index (χ2v) is 7.50. The Morgan fingerprint density at radius 3 is 2.47 bits per heavy atom. The Kier molecular flexibility index (Phi) is 4.18. The van der Waals surface area contributed by atoms with Crippen molar-refractivity contribution in [2.24, 2.45) is 17.3 Å². The van der Waals surface area contributed by atoms with Gasteiger partial charge >= 0.3 is 0 Å². The van der Waals surface area contributed by atoms with Crippen molar-refractivity contribution in [1.82, 2.24) is 5.32 Å². The van der Waals surface area contributed by atoms with Gasteiger partial charge in [0.1, 0.15) is 0 Å². The molecule has 0 saturated heterocycles. The quantitative estimate of drug-likeness (QED) is 0.752. The highest BCUT2D eigenvalue weighted by molar-refractivity contribution is 4.89. The summed E-state index contributed by atoms with van der Waals surface area (Å²) in [6, 6.07) is 1.58. The van der Waals surface area contributed by atoms with E-state index >= 15 is 0 Å². The molecule has 2 saturated carbocycles. The Bertz CT molecular complexity index is 246. The van der Waals surface area contributed by atoms with Crippen LogP contribution >= 0.6 is 0 Å². The third-order valence-electron chi connectivity index (χ3n) is 5.36. The van der Waals surface area contributed by atoms with Gasteiger partial charge in [0.15, 0.2) is 0 Å². The summed E-state index contributed by atoms with van der Waals surface area (Å²) in [7, 11) is 0. The first-order valence-corrected chi connectivity index (χ1v) is 7.74. The maximum absolute atomic E-state index is 3.99. The predicted octanol–water partition coefficient (Wildman–Crippen LogP) is 4.37. The number of hydrogen-bond acceptors (Lipinski definition) is 1. The highest BCUT2D eigenvalue weighted by atomic mass is 15.0. The summed E-state index contributed by atoms with van der Waals surface area (Å²) in [4.78, 5) is 0. The first-order chi connectivity index (χ1) is 7.98. The van der Waals surface area contributed by atoms with E-state index in [0.29, 0.717) is 5.41 Å². The lowest BCUT2D eigenvalue weighted by Crippen LogP contribution is -2.48. The van der Waals surface area contributed by atoms with Crippen molar-refractivity contribution in [3.8, 4) is 0 Å². The van der Waals surface area contributed by atoms with E-state index in [-0.39, 0.29) is 0 Å². The van der Waals surface area contributed by atoms with Crippen LogP contribution in [0.3, 0.4) is 0 Å². The molecule has 1 heteroatoms. The van der Waals surface area contributed by atoms with E-state index in [9.17, 15) is 0 Å². The standard InChI is InChI=1S/C16H31N/c1-12-7-5-9-15(13(12)2)17-14-8-6-10-16(3,4)11-14/h12-15,17H,5-11H2,1-4H3. The SMILES string of the molecule is CC1CCCC(NC2CCCC(C)(C)C2)C1C. The van der Waals surface area contributed by atoms with Crippen LogP contribution in [0.1, 0.15) is 72.6 Å². The average Bonchev–Trinajstić information content (AvgIpc) is 2.23. The molecule has 2 aliphatic carbocycles. The lowest BCUT2D eigenvalue weighted by molar-refractivity contribution is 0.144. The van der Waals surface area contributed by atoms with Crippen LogP contribution in [-0.4, -0.2) is 12.1 Å². The fraction of sp³-hybridized carbons (Fsp3) is 1.00. The van der Waals surface area contributed by atoms with Crippen molar-refractivity contribution >= 4 is 0 Å². The van der Waals surface area contributed by atoms with E-state index < -0.39 is 0 Å². The second-order valence-electron chi connectivity index (χ2n) is 7.50. The molecule has 0 aromatic heterocycles. The van der Waals surface area contributed by atoms with Gasteiger partial charge in [0, 0.05) is 12.1 Å². The molecule has 0 heterocycles. The molecule has 0 aromatic carbocycles. The van der Waals surface area contributed by atoms with Crippen molar-refractivity contribution in [3.05, 3.63) is 0 Å². The fourth-order valence-corrected chi connectivity index (χ4v) is 3.96. The van der Waals surface area contributed by atoms with Crippen molar-refractivity contribution in [2.45, 2.75) is 84.7 Å². The molecule has 17 heavy (non-hydrogen) atoms. The van der Waals surface area contributed by atoms with Crippen LogP contribution in [0.4, 0.5) is 0 Å². The molecular weight excluding hydrogens is 206 g/mol. The van der Waals surface area contributed by atoms with Gasteiger partial charge in [-0.15, -0.1) is 0 Å². The van der Waals surface area contributed by atoms with Gasteiger partial charge in [-0.1, -0.05) is 47.0 Å². The summed E-state index contributed by atoms with van der Waals surface area (Å²) in [6.45, 7) is 9.76. The molecule has 0 spiro atoms. The first kappa shape index (κ1) is 13.4. The van der Waals surface area contributed by atoms with Crippen molar-refractivity contribution < 1.29 is 0 Å². The summed E-state index contributed by atoms with van der Waals surface area (Å²) in [6.07, 6.45) is 9.89. The monoisotopic (exact) mass is 237 g/mol. The molecule has 0 aliphatic heterocycles. The minimum Gasteiger partial charge on any atom is -0.311 e. The third kappa shape index (κ3) is 3.47. The zero-order valence-electron chi connectivity index (χ0n) is 12.3. The lowest BCUT2D eigenvalue weighted by atomic mass is 9.73. The number of hydrogen-bond donors (Lipinski definition) is 1. The van der Waals surface area contributed by atoms with E-state index in [4.69, 9.17) is 0 Å². The highest BCUT2D eigenvalue weighted by Crippen LogP contribution is 2.37. The van der Waals surface area contributed by atoms with Crippen LogP contribution in [0.15, 0.2) is 0 Å². The van der Waals surface area contributed by atoms with Gasteiger partial charge in [0.25, 0.3) is 0 Å². The Hall–Kier alpha value is -0.0400. The summed E-state index contributed by atoms with van der Waals surface area (Å²) < 4.78 is 0. The molecule has 1 N–H and O–H groups in total. The van der Waals surface area contributed by atoms with Gasteiger partial charge in [-0.05, 0) is 42.9 Å². The maximum atomic E-state index is 3.99. The fourth-order valence-electron chi connectivity index (χ4n) is 3.96. The Morgan fingerprint density at radius 2 is 1.76 bits per heavy atom. The van der Waals surface area contributed by atoms with Crippen molar-refractivity contribution in [3.63, 3.8) is 0 Å². The minimum absolute atomic E-state index is 0.569. The minimum atomic E-state index is 0.569. The number of nitrogens with one attached hydrogen (secondary N) is 1. The maximum Gasteiger partial charge on any atom is 0.00978 e. The molecule has 2 aliphatic rings. The largest absolute Gasteiger partial charge is 0.311 e. The molecule has 0 aromatic rings. The molecule has 4 atom stereocenters. The molecule has 0 radical (unpaired) electrons. The first-order valence-electron chi connectivity index (χ1n) is 7.74. The predicted molar refractivity (Wildman–Crippen MR) is 75.1 cm³/mol. The van der Waals surface area contributed by atoms with E-state index in [1.54, 1.807) is 0 Å². The van der Waals surface area contributed by atoms with Gasteiger partial charge in [-0.25, -0.2) is 0 Å². The Morgan fingerprint density at radius 1 is 1.00 bits per heavy atom. The van der Waals surface area contributed by atoms with Crippen molar-refractivity contribution in [1.29, 1.82) is 0 Å². The molecule has 4 unspecified atom stereocenters. The summed E-state index contributed by atoms with van der Waals surface area (Å²) in [5.74, 6) is 1.78. The zero-order valence-corrected chi connectivity index (χ0v) is 12.3. The van der Waals surface area contributed by atoms with Crippen LogP contribution in [0.25, 0.3) is 0 Å². The zero-order chi connectivity index (χ0) is 12.5. The number of rotatable bonds is 2. The normalized spacial score (nSPS) is 42.4. The average molecular weight is 237 g/mol. The van der Waals surface area contributed by atoms with Gasteiger partial charge in [0.2, 0.25) is 0 Å². The van der Waals surface area contributed by atoms with Crippen LogP contribution in [0.5, 0.6) is 0 Å². The van der Waals surface area contributed by atoms with Crippen LogP contribution < -0.4 is 5.32 Å². The molecule has 0 bridgehead atoms. The molecule has 2 rings (SSSR count). The second kappa shape index (κ2) is 5.30. The Balaban J connectivity index is 1.87.